The van der Waals surface area contributed by atoms with Crippen LogP contribution >= 0.6 is 0 Å². The fraction of sp³-hybridized carbons (Fsp3) is 0.250. The molecule has 1 aliphatic rings. The van der Waals surface area contributed by atoms with Crippen LogP contribution in [0.3, 0.4) is 0 Å². The summed E-state index contributed by atoms with van der Waals surface area (Å²) in [6.45, 7) is 2.76. The second-order valence-corrected chi connectivity index (χ2v) is 6.62. The number of hydrogen-bond donors (Lipinski definition) is 0. The molecular formula is C20H20N2O2. The van der Waals surface area contributed by atoms with Crippen molar-refractivity contribution in [2.45, 2.75) is 6.92 Å². The number of carbonyl (C=O) groups is 1. The fourth-order valence-corrected chi connectivity index (χ4v) is 3.07. The summed E-state index contributed by atoms with van der Waals surface area (Å²) in [5.41, 5.74) is 3.96. The number of carbonyl (C=O) groups excluding carboxylic acids is 1. The SMILES string of the molecule is CC1CN(c2ccc(-c3cc4ccc(N(C)C)cc4o3)cc2)C1=O. The summed E-state index contributed by atoms with van der Waals surface area (Å²) in [7, 11) is 4.03. The average molecular weight is 320 g/mol. The van der Waals surface area contributed by atoms with Crippen molar-refractivity contribution < 1.29 is 9.21 Å². The zero-order chi connectivity index (χ0) is 16.8. The first-order valence-corrected chi connectivity index (χ1v) is 8.15. The Kier molecular flexibility index (Phi) is 3.34. The standard InChI is InChI=1S/C20H20N2O2/c1-13-12-22(20(13)23)16-7-4-14(5-8-16)18-10-15-6-9-17(21(2)3)11-19(15)24-18/h4-11,13H,12H2,1-3H3. The molecule has 0 spiro atoms. The maximum atomic E-state index is 11.8. The third kappa shape index (κ3) is 2.35. The largest absolute Gasteiger partial charge is 0.456 e. The van der Waals surface area contributed by atoms with E-state index in [1.807, 2.05) is 56.3 Å². The molecule has 4 heteroatoms. The van der Waals surface area contributed by atoms with Crippen molar-refractivity contribution in [2.75, 3.05) is 30.4 Å². The molecule has 0 bridgehead atoms. The number of nitrogens with zero attached hydrogens (tertiary/aromatic N) is 2. The number of hydrogen-bond acceptors (Lipinski definition) is 3. The van der Waals surface area contributed by atoms with Gasteiger partial charge in [-0.2, -0.15) is 0 Å². The highest BCUT2D eigenvalue weighted by atomic mass is 16.3. The molecule has 0 aliphatic carbocycles. The van der Waals surface area contributed by atoms with E-state index in [2.05, 4.69) is 23.1 Å². The van der Waals surface area contributed by atoms with Gasteiger partial charge in [-0.25, -0.2) is 0 Å². The van der Waals surface area contributed by atoms with Crippen LogP contribution in [0.4, 0.5) is 11.4 Å². The quantitative estimate of drug-likeness (QED) is 0.680. The molecule has 122 valence electrons. The Morgan fingerprint density at radius 2 is 1.83 bits per heavy atom. The predicted octanol–water partition coefficient (Wildman–Crippen LogP) is 4.15. The highest BCUT2D eigenvalue weighted by Crippen LogP contribution is 2.32. The van der Waals surface area contributed by atoms with Crippen LogP contribution in [-0.2, 0) is 4.79 Å². The van der Waals surface area contributed by atoms with Crippen LogP contribution in [0.5, 0.6) is 0 Å². The number of fused-ring (bicyclic) bond motifs is 1. The van der Waals surface area contributed by atoms with Crippen molar-refractivity contribution in [1.82, 2.24) is 0 Å². The van der Waals surface area contributed by atoms with Crippen molar-refractivity contribution in [3.8, 4) is 11.3 Å². The molecule has 0 saturated carbocycles. The maximum Gasteiger partial charge on any atom is 0.231 e. The zero-order valence-electron chi connectivity index (χ0n) is 14.1. The molecule has 0 radical (unpaired) electrons. The minimum Gasteiger partial charge on any atom is -0.456 e. The van der Waals surface area contributed by atoms with Gasteiger partial charge < -0.3 is 14.2 Å². The number of rotatable bonds is 3. The van der Waals surface area contributed by atoms with Gasteiger partial charge in [-0.1, -0.05) is 6.92 Å². The summed E-state index contributed by atoms with van der Waals surface area (Å²) in [6, 6.07) is 16.3. The predicted molar refractivity (Wildman–Crippen MR) is 97.5 cm³/mol. The van der Waals surface area contributed by atoms with E-state index >= 15 is 0 Å². The van der Waals surface area contributed by atoms with Crippen molar-refractivity contribution >= 4 is 28.3 Å². The monoisotopic (exact) mass is 320 g/mol. The number of β-lactam (4-membered cyclic amide) rings is 1. The van der Waals surface area contributed by atoms with Gasteiger partial charge in [0.05, 0.1) is 5.92 Å². The highest BCUT2D eigenvalue weighted by molar-refractivity contribution is 6.01. The molecule has 4 nitrogen and oxygen atoms in total. The minimum atomic E-state index is 0.144. The van der Waals surface area contributed by atoms with E-state index in [4.69, 9.17) is 4.42 Å². The summed E-state index contributed by atoms with van der Waals surface area (Å²) < 4.78 is 6.02. The Morgan fingerprint density at radius 3 is 2.46 bits per heavy atom. The number of amides is 1. The van der Waals surface area contributed by atoms with E-state index in [1.54, 1.807) is 0 Å². The molecule has 1 aliphatic heterocycles. The number of furan rings is 1. The Morgan fingerprint density at radius 1 is 1.08 bits per heavy atom. The van der Waals surface area contributed by atoms with Crippen LogP contribution in [-0.4, -0.2) is 26.5 Å². The van der Waals surface area contributed by atoms with Gasteiger partial charge in [-0.3, -0.25) is 4.79 Å². The molecule has 4 rings (SSSR count). The normalized spacial score (nSPS) is 17.2. The Bertz CT molecular complexity index is 909. The van der Waals surface area contributed by atoms with Crippen molar-refractivity contribution in [1.29, 1.82) is 0 Å². The minimum absolute atomic E-state index is 0.144. The van der Waals surface area contributed by atoms with Gasteiger partial charge in [0.15, 0.2) is 0 Å². The molecule has 1 saturated heterocycles. The molecule has 24 heavy (non-hydrogen) atoms. The Balaban J connectivity index is 1.64. The molecular weight excluding hydrogens is 300 g/mol. The molecule has 3 aromatic rings. The third-order valence-electron chi connectivity index (χ3n) is 4.63. The smallest absolute Gasteiger partial charge is 0.231 e. The van der Waals surface area contributed by atoms with Crippen LogP contribution < -0.4 is 9.80 Å². The van der Waals surface area contributed by atoms with Gasteiger partial charge in [0.2, 0.25) is 5.91 Å². The van der Waals surface area contributed by atoms with Crippen molar-refractivity contribution in [3.63, 3.8) is 0 Å². The second-order valence-electron chi connectivity index (χ2n) is 6.62. The lowest BCUT2D eigenvalue weighted by molar-refractivity contribution is -0.126. The molecule has 1 amide bonds. The highest BCUT2D eigenvalue weighted by Gasteiger charge is 2.33. The Labute approximate surface area is 141 Å². The van der Waals surface area contributed by atoms with Crippen LogP contribution in [0.25, 0.3) is 22.3 Å². The van der Waals surface area contributed by atoms with Gasteiger partial charge in [0.1, 0.15) is 11.3 Å². The lowest BCUT2D eigenvalue weighted by atomic mass is 10.00. The Hall–Kier alpha value is -2.75. The maximum absolute atomic E-state index is 11.8. The molecule has 1 aromatic heterocycles. The summed E-state index contributed by atoms with van der Waals surface area (Å²) in [5, 5.41) is 1.09. The van der Waals surface area contributed by atoms with Crippen molar-refractivity contribution in [3.05, 3.63) is 48.5 Å². The lowest BCUT2D eigenvalue weighted by Gasteiger charge is -2.36. The first-order chi connectivity index (χ1) is 11.5. The molecule has 0 N–H and O–H groups in total. The van der Waals surface area contributed by atoms with E-state index in [-0.39, 0.29) is 11.8 Å². The number of benzene rings is 2. The number of anilines is 2. The van der Waals surface area contributed by atoms with Crippen LogP contribution in [0.15, 0.2) is 52.9 Å². The first kappa shape index (κ1) is 14.8. The van der Waals surface area contributed by atoms with Crippen molar-refractivity contribution in [2.24, 2.45) is 5.92 Å². The molecule has 2 heterocycles. The zero-order valence-corrected chi connectivity index (χ0v) is 14.1. The van der Waals surface area contributed by atoms with Gasteiger partial charge in [0.25, 0.3) is 0 Å². The van der Waals surface area contributed by atoms with E-state index < -0.39 is 0 Å². The molecule has 1 atom stereocenters. The van der Waals surface area contributed by atoms with Gasteiger partial charge in [-0.15, -0.1) is 0 Å². The lowest BCUT2D eigenvalue weighted by Crippen LogP contribution is -2.51. The van der Waals surface area contributed by atoms with Gasteiger partial charge in [-0.05, 0) is 42.5 Å². The third-order valence-corrected chi connectivity index (χ3v) is 4.63. The van der Waals surface area contributed by atoms with E-state index in [0.29, 0.717) is 0 Å². The van der Waals surface area contributed by atoms with E-state index in [0.717, 1.165) is 40.2 Å². The van der Waals surface area contributed by atoms with Crippen LogP contribution in [0, 0.1) is 5.92 Å². The molecule has 1 unspecified atom stereocenters. The second kappa shape index (κ2) is 5.41. The average Bonchev–Trinajstić information content (AvgIpc) is 3.02. The summed E-state index contributed by atoms with van der Waals surface area (Å²) in [4.78, 5) is 15.7. The van der Waals surface area contributed by atoms with Gasteiger partial charge >= 0.3 is 0 Å². The molecule has 1 fully saturated rings. The van der Waals surface area contributed by atoms with Crippen LogP contribution in [0.1, 0.15) is 6.92 Å². The summed E-state index contributed by atoms with van der Waals surface area (Å²) in [6.07, 6.45) is 0. The fourth-order valence-electron chi connectivity index (χ4n) is 3.07. The van der Waals surface area contributed by atoms with Crippen LogP contribution in [0.2, 0.25) is 0 Å². The summed E-state index contributed by atoms with van der Waals surface area (Å²) in [5.74, 6) is 1.18. The summed E-state index contributed by atoms with van der Waals surface area (Å²) >= 11 is 0. The van der Waals surface area contributed by atoms with E-state index in [1.165, 1.54) is 0 Å². The van der Waals surface area contributed by atoms with E-state index in [9.17, 15) is 4.79 Å². The topological polar surface area (TPSA) is 36.7 Å². The first-order valence-electron chi connectivity index (χ1n) is 8.15. The van der Waals surface area contributed by atoms with Gasteiger partial charge in [0, 0.05) is 49.0 Å². The molecule has 2 aromatic carbocycles.